The Morgan fingerprint density at radius 3 is 2.62 bits per heavy atom. The van der Waals surface area contributed by atoms with E-state index in [0.29, 0.717) is 11.5 Å². The lowest BCUT2D eigenvalue weighted by Gasteiger charge is -2.40. The molecule has 1 saturated carbocycles. The van der Waals surface area contributed by atoms with Gasteiger partial charge in [0.25, 0.3) is 0 Å². The van der Waals surface area contributed by atoms with Crippen molar-refractivity contribution in [2.24, 2.45) is 17.1 Å². The molecule has 2 unspecified atom stereocenters. The first-order valence-electron chi connectivity index (χ1n) is 5.58. The highest BCUT2D eigenvalue weighted by Crippen LogP contribution is 2.51. The standard InChI is InChI=1S/C11H21NO/c1-9(12)10-3-2-4-11(10)5-7-13-8-6-11/h9-10H,2-8,12H2,1H3. The Kier molecular flexibility index (Phi) is 2.61. The molecule has 1 aliphatic carbocycles. The molecule has 2 rings (SSSR count). The van der Waals surface area contributed by atoms with E-state index in [1.54, 1.807) is 0 Å². The molecular weight excluding hydrogens is 162 g/mol. The minimum atomic E-state index is 0.376. The SMILES string of the molecule is CC(N)C1CCCC12CCOCC2. The van der Waals surface area contributed by atoms with Gasteiger partial charge in [0.1, 0.15) is 0 Å². The van der Waals surface area contributed by atoms with E-state index in [-0.39, 0.29) is 0 Å². The molecule has 1 heterocycles. The predicted octanol–water partition coefficient (Wildman–Crippen LogP) is 1.93. The van der Waals surface area contributed by atoms with Gasteiger partial charge in [-0.1, -0.05) is 6.42 Å². The van der Waals surface area contributed by atoms with Crippen LogP contribution in [0.25, 0.3) is 0 Å². The molecule has 0 amide bonds. The van der Waals surface area contributed by atoms with Gasteiger partial charge in [-0.15, -0.1) is 0 Å². The average Bonchev–Trinajstić information content (AvgIpc) is 2.50. The first kappa shape index (κ1) is 9.47. The van der Waals surface area contributed by atoms with Gasteiger partial charge in [0.05, 0.1) is 0 Å². The highest BCUT2D eigenvalue weighted by atomic mass is 16.5. The van der Waals surface area contributed by atoms with E-state index in [1.165, 1.54) is 32.1 Å². The number of rotatable bonds is 1. The fourth-order valence-corrected chi connectivity index (χ4v) is 3.38. The predicted molar refractivity (Wildman–Crippen MR) is 53.5 cm³/mol. The van der Waals surface area contributed by atoms with Crippen LogP contribution in [0.2, 0.25) is 0 Å². The lowest BCUT2D eigenvalue weighted by atomic mass is 9.69. The molecule has 76 valence electrons. The van der Waals surface area contributed by atoms with E-state index in [0.717, 1.165) is 19.1 Å². The van der Waals surface area contributed by atoms with E-state index >= 15 is 0 Å². The van der Waals surface area contributed by atoms with E-state index in [2.05, 4.69) is 6.92 Å². The van der Waals surface area contributed by atoms with Crippen molar-refractivity contribution in [2.75, 3.05) is 13.2 Å². The first-order chi connectivity index (χ1) is 6.25. The molecule has 1 aliphatic heterocycles. The minimum absolute atomic E-state index is 0.376. The lowest BCUT2D eigenvalue weighted by Crippen LogP contribution is -2.41. The number of hydrogen-bond acceptors (Lipinski definition) is 2. The summed E-state index contributed by atoms with van der Waals surface area (Å²) in [6, 6.07) is 0.376. The Labute approximate surface area is 80.8 Å². The van der Waals surface area contributed by atoms with Gasteiger partial charge < -0.3 is 10.5 Å². The van der Waals surface area contributed by atoms with Crippen molar-refractivity contribution in [1.29, 1.82) is 0 Å². The van der Waals surface area contributed by atoms with Gasteiger partial charge in [-0.3, -0.25) is 0 Å². The van der Waals surface area contributed by atoms with Crippen molar-refractivity contribution in [1.82, 2.24) is 0 Å². The summed E-state index contributed by atoms with van der Waals surface area (Å²) in [5.74, 6) is 0.761. The molecule has 0 bridgehead atoms. The molecular formula is C11H21NO. The van der Waals surface area contributed by atoms with E-state index in [9.17, 15) is 0 Å². The van der Waals surface area contributed by atoms with Crippen molar-refractivity contribution in [2.45, 2.75) is 45.1 Å². The normalized spacial score (nSPS) is 35.1. The molecule has 0 radical (unpaired) electrons. The van der Waals surface area contributed by atoms with Gasteiger partial charge in [-0.25, -0.2) is 0 Å². The Bertz CT molecular complexity index is 173. The summed E-state index contributed by atoms with van der Waals surface area (Å²) in [5, 5.41) is 0. The molecule has 13 heavy (non-hydrogen) atoms. The first-order valence-corrected chi connectivity index (χ1v) is 5.58. The van der Waals surface area contributed by atoms with Crippen LogP contribution in [0.15, 0.2) is 0 Å². The van der Waals surface area contributed by atoms with Gasteiger partial charge in [-0.05, 0) is 43.9 Å². The molecule has 2 heteroatoms. The maximum absolute atomic E-state index is 6.06. The van der Waals surface area contributed by atoms with Crippen LogP contribution in [0.3, 0.4) is 0 Å². The van der Waals surface area contributed by atoms with Gasteiger partial charge in [0.2, 0.25) is 0 Å². The Morgan fingerprint density at radius 2 is 2.00 bits per heavy atom. The molecule has 0 aromatic rings. The van der Waals surface area contributed by atoms with Crippen molar-refractivity contribution in [3.63, 3.8) is 0 Å². The molecule has 0 aromatic heterocycles. The zero-order valence-corrected chi connectivity index (χ0v) is 8.59. The third-order valence-corrected chi connectivity index (χ3v) is 4.10. The van der Waals surface area contributed by atoms with Crippen molar-refractivity contribution < 1.29 is 4.74 Å². The number of ether oxygens (including phenoxy) is 1. The second-order valence-corrected chi connectivity index (χ2v) is 4.83. The Morgan fingerprint density at radius 1 is 1.31 bits per heavy atom. The largest absolute Gasteiger partial charge is 0.381 e. The molecule has 2 aliphatic rings. The summed E-state index contributed by atoms with van der Waals surface area (Å²) >= 11 is 0. The smallest absolute Gasteiger partial charge is 0.0471 e. The maximum Gasteiger partial charge on any atom is 0.0471 e. The fourth-order valence-electron chi connectivity index (χ4n) is 3.38. The highest BCUT2D eigenvalue weighted by molar-refractivity contribution is 4.96. The average molecular weight is 183 g/mol. The highest BCUT2D eigenvalue weighted by Gasteiger charge is 2.44. The summed E-state index contributed by atoms with van der Waals surface area (Å²) in [6.07, 6.45) is 6.62. The summed E-state index contributed by atoms with van der Waals surface area (Å²) in [7, 11) is 0. The van der Waals surface area contributed by atoms with Crippen molar-refractivity contribution in [3.05, 3.63) is 0 Å². The number of hydrogen-bond donors (Lipinski definition) is 1. The third kappa shape index (κ3) is 1.62. The topological polar surface area (TPSA) is 35.2 Å². The van der Waals surface area contributed by atoms with Gasteiger partial charge in [0, 0.05) is 19.3 Å². The lowest BCUT2D eigenvalue weighted by molar-refractivity contribution is -0.0102. The summed E-state index contributed by atoms with van der Waals surface area (Å²) < 4.78 is 5.44. The zero-order chi connectivity index (χ0) is 9.31. The monoisotopic (exact) mass is 183 g/mol. The molecule has 2 fully saturated rings. The van der Waals surface area contributed by atoms with Crippen LogP contribution in [0, 0.1) is 11.3 Å². The van der Waals surface area contributed by atoms with Gasteiger partial charge >= 0.3 is 0 Å². The molecule has 0 aromatic carbocycles. The van der Waals surface area contributed by atoms with E-state index < -0.39 is 0 Å². The van der Waals surface area contributed by atoms with Crippen molar-refractivity contribution in [3.8, 4) is 0 Å². The zero-order valence-electron chi connectivity index (χ0n) is 8.59. The number of nitrogens with two attached hydrogens (primary N) is 1. The van der Waals surface area contributed by atoms with Crippen LogP contribution < -0.4 is 5.73 Å². The Hall–Kier alpha value is -0.0800. The van der Waals surface area contributed by atoms with Gasteiger partial charge in [0.15, 0.2) is 0 Å². The molecule has 1 spiro atoms. The summed E-state index contributed by atoms with van der Waals surface area (Å²) in [6.45, 7) is 4.10. The van der Waals surface area contributed by atoms with Crippen LogP contribution in [-0.2, 0) is 4.74 Å². The Balaban J connectivity index is 2.09. The third-order valence-electron chi connectivity index (χ3n) is 4.10. The van der Waals surface area contributed by atoms with Crippen molar-refractivity contribution >= 4 is 0 Å². The second-order valence-electron chi connectivity index (χ2n) is 4.83. The molecule has 2 nitrogen and oxygen atoms in total. The van der Waals surface area contributed by atoms with Crippen LogP contribution in [0.1, 0.15) is 39.0 Å². The molecule has 1 saturated heterocycles. The van der Waals surface area contributed by atoms with Gasteiger partial charge in [-0.2, -0.15) is 0 Å². The van der Waals surface area contributed by atoms with Crippen LogP contribution >= 0.6 is 0 Å². The van der Waals surface area contributed by atoms with Crippen LogP contribution in [-0.4, -0.2) is 19.3 Å². The quantitative estimate of drug-likeness (QED) is 0.674. The molecule has 2 atom stereocenters. The van der Waals surface area contributed by atoms with Crippen LogP contribution in [0.4, 0.5) is 0 Å². The van der Waals surface area contributed by atoms with Crippen LogP contribution in [0.5, 0.6) is 0 Å². The summed E-state index contributed by atoms with van der Waals surface area (Å²) in [4.78, 5) is 0. The molecule has 2 N–H and O–H groups in total. The minimum Gasteiger partial charge on any atom is -0.381 e. The fraction of sp³-hybridized carbons (Fsp3) is 1.00. The summed E-state index contributed by atoms with van der Waals surface area (Å²) in [5.41, 5.74) is 6.62. The maximum atomic E-state index is 6.06. The van der Waals surface area contributed by atoms with E-state index in [1.807, 2.05) is 0 Å². The van der Waals surface area contributed by atoms with E-state index in [4.69, 9.17) is 10.5 Å². The second kappa shape index (κ2) is 3.58.